The number of rotatable bonds is 4. The largest absolute Gasteiger partial charge is 0.303 e. The second-order valence-corrected chi connectivity index (χ2v) is 7.79. The first-order chi connectivity index (χ1) is 11.1. The van der Waals surface area contributed by atoms with Crippen molar-refractivity contribution in [1.82, 2.24) is 5.32 Å². The van der Waals surface area contributed by atoms with E-state index in [1.165, 1.54) is 42.4 Å². The van der Waals surface area contributed by atoms with Crippen molar-refractivity contribution in [3.63, 3.8) is 0 Å². The molecule has 0 spiro atoms. The Morgan fingerprint density at radius 1 is 1.09 bits per heavy atom. The zero-order valence-corrected chi connectivity index (χ0v) is 14.7. The maximum atomic E-state index is 11.5. The van der Waals surface area contributed by atoms with Crippen LogP contribution in [0, 0.1) is 0 Å². The average Bonchev–Trinajstić information content (AvgIpc) is 2.77. The monoisotopic (exact) mass is 327 g/mol. The fraction of sp³-hybridized carbons (Fsp3) is 0.400. The highest BCUT2D eigenvalue weighted by Crippen LogP contribution is 2.30. The Hall–Kier alpha value is -1.45. The number of hydrogen-bond acceptors (Lipinski definition) is 2. The van der Waals surface area contributed by atoms with Crippen LogP contribution in [-0.4, -0.2) is 10.5 Å². The van der Waals surface area contributed by atoms with Crippen molar-refractivity contribution >= 4 is 10.8 Å². The molecule has 23 heavy (non-hydrogen) atoms. The van der Waals surface area contributed by atoms with Gasteiger partial charge in [0, 0.05) is 34.0 Å². The molecule has 0 aromatic heterocycles. The lowest BCUT2D eigenvalue weighted by atomic mass is 9.97. The molecule has 3 rings (SSSR count). The lowest BCUT2D eigenvalue weighted by molar-refractivity contribution is 0.437. The fourth-order valence-electron chi connectivity index (χ4n) is 3.44. The van der Waals surface area contributed by atoms with E-state index in [1.54, 1.807) is 6.26 Å². The molecule has 0 radical (unpaired) electrons. The highest BCUT2D eigenvalue weighted by Gasteiger charge is 2.20. The van der Waals surface area contributed by atoms with Crippen molar-refractivity contribution in [2.24, 2.45) is 0 Å². The summed E-state index contributed by atoms with van der Waals surface area (Å²) in [6.45, 7) is 2.21. The molecule has 2 nitrogen and oxygen atoms in total. The standard InChI is InChI=1S/C20H25NOS/c1-15(16-11-13-18(14-12-16)23(2)22)21-20-10-6-4-8-17-7-3-5-9-19(17)20/h3,5,7,9,11-15,20-21H,4,6,8,10H2,1-2H3/t15-,20-,23-/m0/s1. The maximum Gasteiger partial charge on any atom is 0.0498 e. The lowest BCUT2D eigenvalue weighted by Gasteiger charge is -2.24. The van der Waals surface area contributed by atoms with Crippen molar-refractivity contribution in [3.05, 3.63) is 65.2 Å². The third kappa shape index (κ3) is 3.91. The molecule has 2 aromatic carbocycles. The van der Waals surface area contributed by atoms with E-state index in [-0.39, 0.29) is 6.04 Å². The molecule has 0 saturated carbocycles. The summed E-state index contributed by atoms with van der Waals surface area (Å²) in [6, 6.07) is 17.7. The maximum absolute atomic E-state index is 11.5. The summed E-state index contributed by atoms with van der Waals surface area (Å²) >= 11 is 0. The molecular formula is C20H25NOS. The first-order valence-electron chi connectivity index (χ1n) is 8.42. The van der Waals surface area contributed by atoms with E-state index in [0.717, 1.165) is 4.90 Å². The normalized spacial score (nSPS) is 20.3. The van der Waals surface area contributed by atoms with E-state index in [2.05, 4.69) is 48.6 Å². The number of hydrogen-bond donors (Lipinski definition) is 1. The Balaban J connectivity index is 1.77. The predicted molar refractivity (Wildman–Crippen MR) is 97.1 cm³/mol. The van der Waals surface area contributed by atoms with Crippen LogP contribution < -0.4 is 5.32 Å². The van der Waals surface area contributed by atoms with Gasteiger partial charge in [0.25, 0.3) is 0 Å². The smallest absolute Gasteiger partial charge is 0.0498 e. The van der Waals surface area contributed by atoms with E-state index in [4.69, 9.17) is 0 Å². The number of nitrogens with one attached hydrogen (secondary N) is 1. The highest BCUT2D eigenvalue weighted by atomic mass is 32.2. The van der Waals surface area contributed by atoms with Crippen LogP contribution >= 0.6 is 0 Å². The van der Waals surface area contributed by atoms with Crippen molar-refractivity contribution in [2.75, 3.05) is 6.26 Å². The molecule has 1 N–H and O–H groups in total. The van der Waals surface area contributed by atoms with Gasteiger partial charge in [-0.25, -0.2) is 0 Å². The Morgan fingerprint density at radius 3 is 2.57 bits per heavy atom. The summed E-state index contributed by atoms with van der Waals surface area (Å²) in [5, 5.41) is 3.80. The highest BCUT2D eigenvalue weighted by molar-refractivity contribution is 7.84. The van der Waals surface area contributed by atoms with E-state index in [1.807, 2.05) is 12.1 Å². The topological polar surface area (TPSA) is 29.1 Å². The minimum atomic E-state index is -0.909. The average molecular weight is 327 g/mol. The second-order valence-electron chi connectivity index (χ2n) is 6.41. The van der Waals surface area contributed by atoms with E-state index >= 15 is 0 Å². The van der Waals surface area contributed by atoms with Gasteiger partial charge in [0.15, 0.2) is 0 Å². The van der Waals surface area contributed by atoms with Crippen LogP contribution in [0.2, 0.25) is 0 Å². The van der Waals surface area contributed by atoms with Gasteiger partial charge in [-0.3, -0.25) is 4.21 Å². The van der Waals surface area contributed by atoms with Crippen LogP contribution in [0.15, 0.2) is 53.4 Å². The molecule has 0 saturated heterocycles. The van der Waals surface area contributed by atoms with Gasteiger partial charge >= 0.3 is 0 Å². The summed E-state index contributed by atoms with van der Waals surface area (Å²) in [5.74, 6) is 0. The Morgan fingerprint density at radius 2 is 1.83 bits per heavy atom. The molecular weight excluding hydrogens is 302 g/mol. The molecule has 1 aliphatic carbocycles. The SMILES string of the molecule is C[C@H](N[C@H]1CCCCc2ccccc21)c1ccc([S@](C)=O)cc1. The van der Waals surface area contributed by atoms with Crippen LogP contribution in [0.25, 0.3) is 0 Å². The second kappa shape index (κ2) is 7.41. The zero-order chi connectivity index (χ0) is 16.2. The van der Waals surface area contributed by atoms with Crippen molar-refractivity contribution in [3.8, 4) is 0 Å². The summed E-state index contributed by atoms with van der Waals surface area (Å²) in [5.41, 5.74) is 4.20. The van der Waals surface area contributed by atoms with Crippen LogP contribution in [0.4, 0.5) is 0 Å². The number of aryl methyl sites for hydroxylation is 1. The molecule has 1 aliphatic rings. The summed E-state index contributed by atoms with van der Waals surface area (Å²) in [4.78, 5) is 0.890. The quantitative estimate of drug-likeness (QED) is 0.835. The number of benzene rings is 2. The molecule has 3 atom stereocenters. The molecule has 3 heteroatoms. The fourth-order valence-corrected chi connectivity index (χ4v) is 3.96. The van der Waals surface area contributed by atoms with Gasteiger partial charge in [-0.15, -0.1) is 0 Å². The number of fused-ring (bicyclic) bond motifs is 1. The van der Waals surface area contributed by atoms with Crippen LogP contribution in [-0.2, 0) is 17.2 Å². The molecule has 0 amide bonds. The molecule has 122 valence electrons. The Kier molecular flexibility index (Phi) is 5.29. The molecule has 0 fully saturated rings. The van der Waals surface area contributed by atoms with Gasteiger partial charge in [0.05, 0.1) is 0 Å². The van der Waals surface area contributed by atoms with Crippen molar-refractivity contribution in [2.45, 2.75) is 49.6 Å². The zero-order valence-electron chi connectivity index (χ0n) is 13.9. The summed E-state index contributed by atoms with van der Waals surface area (Å²) < 4.78 is 11.5. The Bertz CT molecular complexity index is 680. The molecule has 0 aliphatic heterocycles. The minimum absolute atomic E-state index is 0.283. The van der Waals surface area contributed by atoms with Gasteiger partial charge in [-0.05, 0) is 55.0 Å². The molecule has 0 bridgehead atoms. The van der Waals surface area contributed by atoms with Crippen LogP contribution in [0.5, 0.6) is 0 Å². The van der Waals surface area contributed by atoms with Crippen LogP contribution in [0.1, 0.15) is 55.0 Å². The first-order valence-corrected chi connectivity index (χ1v) is 9.98. The van der Waals surface area contributed by atoms with E-state index in [9.17, 15) is 4.21 Å². The van der Waals surface area contributed by atoms with Crippen LogP contribution in [0.3, 0.4) is 0 Å². The van der Waals surface area contributed by atoms with E-state index in [0.29, 0.717) is 6.04 Å². The Labute approximate surface area is 141 Å². The van der Waals surface area contributed by atoms with Gasteiger partial charge in [0.1, 0.15) is 0 Å². The van der Waals surface area contributed by atoms with Gasteiger partial charge in [-0.1, -0.05) is 42.8 Å². The van der Waals surface area contributed by atoms with Gasteiger partial charge < -0.3 is 5.32 Å². The molecule has 0 unspecified atom stereocenters. The molecule has 0 heterocycles. The van der Waals surface area contributed by atoms with Gasteiger partial charge in [0.2, 0.25) is 0 Å². The predicted octanol–water partition coefficient (Wildman–Crippen LogP) is 4.54. The summed E-state index contributed by atoms with van der Waals surface area (Å²) in [6.07, 6.45) is 6.66. The van der Waals surface area contributed by atoms with Gasteiger partial charge in [-0.2, -0.15) is 0 Å². The third-order valence-corrected chi connectivity index (χ3v) is 5.72. The molecule has 2 aromatic rings. The van der Waals surface area contributed by atoms with Crippen molar-refractivity contribution < 1.29 is 4.21 Å². The lowest BCUT2D eigenvalue weighted by Crippen LogP contribution is -2.25. The third-order valence-electron chi connectivity index (χ3n) is 4.78. The first kappa shape index (κ1) is 16.4. The van der Waals surface area contributed by atoms with Crippen molar-refractivity contribution in [1.29, 1.82) is 0 Å². The summed E-state index contributed by atoms with van der Waals surface area (Å²) in [7, 11) is -0.909. The minimum Gasteiger partial charge on any atom is -0.303 e. The van der Waals surface area contributed by atoms with E-state index < -0.39 is 10.8 Å².